The van der Waals surface area contributed by atoms with Crippen LogP contribution in [0.3, 0.4) is 0 Å². The smallest absolute Gasteiger partial charge is 0.251 e. The number of rotatable bonds is 6. The van der Waals surface area contributed by atoms with Gasteiger partial charge < -0.3 is 5.32 Å². The van der Waals surface area contributed by atoms with Crippen LogP contribution in [0.2, 0.25) is 0 Å². The highest BCUT2D eigenvalue weighted by atomic mass is 19.1. The van der Waals surface area contributed by atoms with Crippen LogP contribution in [-0.2, 0) is 6.54 Å². The van der Waals surface area contributed by atoms with Crippen molar-refractivity contribution < 1.29 is 9.18 Å². The van der Waals surface area contributed by atoms with Gasteiger partial charge in [-0.3, -0.25) is 9.69 Å². The van der Waals surface area contributed by atoms with Gasteiger partial charge >= 0.3 is 0 Å². The second-order valence-electron chi connectivity index (χ2n) is 8.47. The molecule has 3 aromatic rings. The van der Waals surface area contributed by atoms with Gasteiger partial charge in [0, 0.05) is 30.9 Å². The summed E-state index contributed by atoms with van der Waals surface area (Å²) in [7, 11) is 0. The van der Waals surface area contributed by atoms with Crippen LogP contribution in [0, 0.1) is 25.6 Å². The first-order valence-corrected chi connectivity index (χ1v) is 10.9. The molecule has 2 heterocycles. The van der Waals surface area contributed by atoms with E-state index in [-0.39, 0.29) is 11.7 Å². The highest BCUT2D eigenvalue weighted by Crippen LogP contribution is 2.20. The van der Waals surface area contributed by atoms with Crippen LogP contribution >= 0.6 is 0 Å². The first kappa shape index (κ1) is 21.2. The molecule has 1 aliphatic heterocycles. The van der Waals surface area contributed by atoms with Crippen LogP contribution in [0.25, 0.3) is 5.69 Å². The van der Waals surface area contributed by atoms with Gasteiger partial charge in [-0.25, -0.2) is 9.07 Å². The minimum atomic E-state index is -0.332. The van der Waals surface area contributed by atoms with Crippen LogP contribution in [-0.4, -0.2) is 40.2 Å². The van der Waals surface area contributed by atoms with E-state index in [1.165, 1.54) is 29.8 Å². The van der Waals surface area contributed by atoms with Gasteiger partial charge in [-0.2, -0.15) is 5.10 Å². The Hall–Kier alpha value is -2.99. The van der Waals surface area contributed by atoms with Crippen LogP contribution < -0.4 is 5.32 Å². The van der Waals surface area contributed by atoms with Crippen LogP contribution in [0.15, 0.2) is 54.6 Å². The van der Waals surface area contributed by atoms with Gasteiger partial charge in [-0.05, 0) is 87.2 Å². The van der Waals surface area contributed by atoms with Gasteiger partial charge in [-0.15, -0.1) is 0 Å². The van der Waals surface area contributed by atoms with Crippen LogP contribution in [0.5, 0.6) is 0 Å². The summed E-state index contributed by atoms with van der Waals surface area (Å²) < 4.78 is 15.0. The molecule has 1 fully saturated rings. The number of aromatic nitrogens is 2. The Bertz CT molecular complexity index is 1040. The Morgan fingerprint density at radius 2 is 1.97 bits per heavy atom. The fourth-order valence-corrected chi connectivity index (χ4v) is 4.34. The number of aryl methyl sites for hydroxylation is 2. The lowest BCUT2D eigenvalue weighted by Crippen LogP contribution is -2.40. The highest BCUT2D eigenvalue weighted by molar-refractivity contribution is 5.94. The van der Waals surface area contributed by atoms with Crippen molar-refractivity contribution in [2.75, 3.05) is 19.6 Å². The standard InChI is InChI=1S/C25H29FN4O/c1-18-13-19(2)30(28-18)24-7-3-5-20(14-24)16-29-12-4-6-21(17-29)15-27-25(31)22-8-10-23(26)11-9-22/h3,5,7-11,13-14,21H,4,6,12,15-17H2,1-2H3,(H,27,31)/t21-/m0/s1. The van der Waals surface area contributed by atoms with Gasteiger partial charge in [0.1, 0.15) is 5.82 Å². The normalized spacial score (nSPS) is 16.9. The molecular weight excluding hydrogens is 391 g/mol. The Labute approximate surface area is 182 Å². The predicted molar refractivity (Wildman–Crippen MR) is 120 cm³/mol. The van der Waals surface area contributed by atoms with Crippen molar-refractivity contribution >= 4 is 5.91 Å². The lowest BCUT2D eigenvalue weighted by Gasteiger charge is -2.33. The molecule has 0 saturated carbocycles. The largest absolute Gasteiger partial charge is 0.352 e. The van der Waals surface area contributed by atoms with E-state index in [0.717, 1.165) is 49.6 Å². The van der Waals surface area contributed by atoms with Gasteiger partial charge in [0.15, 0.2) is 0 Å². The SMILES string of the molecule is Cc1cc(C)n(-c2cccc(CN3CCC[C@@H](CNC(=O)c4ccc(F)cc4)C3)c2)n1. The second kappa shape index (κ2) is 9.43. The Morgan fingerprint density at radius 1 is 1.16 bits per heavy atom. The minimum Gasteiger partial charge on any atom is -0.352 e. The molecule has 1 atom stereocenters. The summed E-state index contributed by atoms with van der Waals surface area (Å²) in [5, 5.41) is 7.61. The van der Waals surface area contributed by atoms with E-state index < -0.39 is 0 Å². The topological polar surface area (TPSA) is 50.2 Å². The zero-order chi connectivity index (χ0) is 21.8. The molecule has 2 aromatic carbocycles. The third-order valence-electron chi connectivity index (χ3n) is 5.83. The third-order valence-corrected chi connectivity index (χ3v) is 5.83. The van der Waals surface area contributed by atoms with E-state index in [1.54, 1.807) is 0 Å². The Kier molecular flexibility index (Phi) is 6.47. The molecule has 1 aromatic heterocycles. The third kappa shape index (κ3) is 5.39. The molecule has 0 radical (unpaired) electrons. The van der Waals surface area contributed by atoms with Crippen molar-refractivity contribution in [1.29, 1.82) is 0 Å². The van der Waals surface area contributed by atoms with E-state index in [2.05, 4.69) is 52.6 Å². The molecule has 162 valence electrons. The molecule has 4 rings (SSSR count). The number of benzene rings is 2. The van der Waals surface area contributed by atoms with Gasteiger partial charge in [0.25, 0.3) is 5.91 Å². The van der Waals surface area contributed by atoms with Crippen LogP contribution in [0.1, 0.15) is 40.2 Å². The summed E-state index contributed by atoms with van der Waals surface area (Å²) in [4.78, 5) is 14.8. The first-order chi connectivity index (χ1) is 15.0. The molecule has 0 bridgehead atoms. The molecule has 0 aliphatic carbocycles. The molecule has 6 heteroatoms. The van der Waals surface area contributed by atoms with Crippen molar-refractivity contribution in [3.8, 4) is 5.69 Å². The van der Waals surface area contributed by atoms with Crippen LogP contribution in [0.4, 0.5) is 4.39 Å². The minimum absolute atomic E-state index is 0.144. The molecule has 31 heavy (non-hydrogen) atoms. The Balaban J connectivity index is 1.34. The molecule has 1 N–H and O–H groups in total. The Morgan fingerprint density at radius 3 is 2.71 bits per heavy atom. The van der Waals surface area contributed by atoms with Crippen molar-refractivity contribution in [1.82, 2.24) is 20.0 Å². The summed E-state index contributed by atoms with van der Waals surface area (Å²) in [6, 6.07) is 16.3. The summed E-state index contributed by atoms with van der Waals surface area (Å²) >= 11 is 0. The van der Waals surface area contributed by atoms with E-state index >= 15 is 0 Å². The fraction of sp³-hybridized carbons (Fsp3) is 0.360. The van der Waals surface area contributed by atoms with Crippen molar-refractivity contribution in [2.45, 2.75) is 33.2 Å². The van der Waals surface area contributed by atoms with E-state index in [0.29, 0.717) is 18.0 Å². The van der Waals surface area contributed by atoms with Gasteiger partial charge in [0.05, 0.1) is 11.4 Å². The molecule has 0 unspecified atom stereocenters. The maximum atomic E-state index is 13.0. The molecule has 1 aliphatic rings. The first-order valence-electron chi connectivity index (χ1n) is 10.9. The number of likely N-dealkylation sites (tertiary alicyclic amines) is 1. The van der Waals surface area contributed by atoms with Crippen molar-refractivity contribution in [2.24, 2.45) is 5.92 Å². The van der Waals surface area contributed by atoms with Crippen molar-refractivity contribution in [3.05, 3.63) is 82.9 Å². The lowest BCUT2D eigenvalue weighted by molar-refractivity contribution is 0.0930. The number of nitrogens with one attached hydrogen (secondary N) is 1. The summed E-state index contributed by atoms with van der Waals surface area (Å²) in [5.74, 6) is -0.0616. The average molecular weight is 421 g/mol. The monoisotopic (exact) mass is 420 g/mol. The number of carbonyl (C=O) groups is 1. The van der Waals surface area contributed by atoms with Crippen molar-refractivity contribution in [3.63, 3.8) is 0 Å². The number of carbonyl (C=O) groups excluding carboxylic acids is 1. The van der Waals surface area contributed by atoms with E-state index in [9.17, 15) is 9.18 Å². The summed E-state index contributed by atoms with van der Waals surface area (Å²) in [6.45, 7) is 7.62. The molecule has 1 amide bonds. The zero-order valence-electron chi connectivity index (χ0n) is 18.1. The highest BCUT2D eigenvalue weighted by Gasteiger charge is 2.21. The molecule has 0 spiro atoms. The molecule has 1 saturated heterocycles. The lowest BCUT2D eigenvalue weighted by atomic mass is 9.97. The van der Waals surface area contributed by atoms with Gasteiger partial charge in [0.2, 0.25) is 0 Å². The second-order valence-corrected chi connectivity index (χ2v) is 8.47. The number of amides is 1. The number of hydrogen-bond donors (Lipinski definition) is 1. The molecule has 5 nitrogen and oxygen atoms in total. The van der Waals surface area contributed by atoms with E-state index in [4.69, 9.17) is 0 Å². The number of halogens is 1. The number of hydrogen-bond acceptors (Lipinski definition) is 3. The maximum Gasteiger partial charge on any atom is 0.251 e. The number of piperidine rings is 1. The predicted octanol–water partition coefficient (Wildman–Crippen LogP) is 4.27. The van der Waals surface area contributed by atoms with E-state index in [1.807, 2.05) is 11.6 Å². The fourth-order valence-electron chi connectivity index (χ4n) is 4.34. The van der Waals surface area contributed by atoms with Gasteiger partial charge in [-0.1, -0.05) is 12.1 Å². The average Bonchev–Trinajstić information content (AvgIpc) is 3.11. The summed E-state index contributed by atoms with van der Waals surface area (Å²) in [6.07, 6.45) is 2.22. The molecular formula is C25H29FN4O. The zero-order valence-corrected chi connectivity index (χ0v) is 18.1. The quantitative estimate of drug-likeness (QED) is 0.648. The maximum absolute atomic E-state index is 13.0. The summed E-state index contributed by atoms with van der Waals surface area (Å²) in [5.41, 5.74) is 4.99. The number of nitrogens with zero attached hydrogens (tertiary/aromatic N) is 3.